The van der Waals surface area contributed by atoms with E-state index in [4.69, 9.17) is 15.7 Å². The lowest BCUT2D eigenvalue weighted by molar-refractivity contribution is 0.318. The molecule has 106 valence electrons. The number of rotatable bonds is 3. The summed E-state index contributed by atoms with van der Waals surface area (Å²) in [6, 6.07) is 4.57. The van der Waals surface area contributed by atoms with Crippen LogP contribution in [0, 0.1) is 12.7 Å². The highest BCUT2D eigenvalue weighted by Crippen LogP contribution is 2.31. The van der Waals surface area contributed by atoms with E-state index in [-0.39, 0.29) is 21.6 Å². The fourth-order valence-corrected chi connectivity index (χ4v) is 2.19. The number of benzene rings is 1. The van der Waals surface area contributed by atoms with Gasteiger partial charge < -0.3 is 15.7 Å². The minimum absolute atomic E-state index is 0.00867. The molecule has 0 atom stereocenters. The van der Waals surface area contributed by atoms with Crippen molar-refractivity contribution in [2.24, 2.45) is 17.9 Å². The number of amidine groups is 1. The van der Waals surface area contributed by atoms with Gasteiger partial charge in [-0.1, -0.05) is 5.16 Å². The quantitative estimate of drug-likeness (QED) is 0.388. The molecule has 0 aliphatic rings. The van der Waals surface area contributed by atoms with Gasteiger partial charge in [-0.05, 0) is 35.0 Å². The summed E-state index contributed by atoms with van der Waals surface area (Å²) in [6.07, 6.45) is 0. The van der Waals surface area contributed by atoms with Crippen molar-refractivity contribution in [3.63, 3.8) is 0 Å². The van der Waals surface area contributed by atoms with E-state index in [2.05, 4.69) is 26.2 Å². The Morgan fingerprint density at radius 1 is 1.55 bits per heavy atom. The van der Waals surface area contributed by atoms with Crippen LogP contribution in [0.15, 0.2) is 27.8 Å². The number of hydrogen-bond donors (Lipinski definition) is 2. The molecule has 1 aromatic carbocycles. The normalized spacial score (nSPS) is 11.7. The smallest absolute Gasteiger partial charge is 0.217 e. The van der Waals surface area contributed by atoms with Crippen LogP contribution in [0.2, 0.25) is 0 Å². The maximum Gasteiger partial charge on any atom is 0.217 e. The van der Waals surface area contributed by atoms with Crippen molar-refractivity contribution >= 4 is 21.8 Å². The fraction of sp³-hybridized carbons (Fsp3) is 0.167. The molecule has 1 heterocycles. The van der Waals surface area contributed by atoms with Gasteiger partial charge >= 0.3 is 0 Å². The van der Waals surface area contributed by atoms with Crippen molar-refractivity contribution in [2.45, 2.75) is 6.92 Å². The first-order valence-corrected chi connectivity index (χ1v) is 6.37. The number of hydrogen-bond acceptors (Lipinski definition) is 4. The predicted octanol–water partition coefficient (Wildman–Crippen LogP) is 2.52. The predicted molar refractivity (Wildman–Crippen MR) is 74.6 cm³/mol. The van der Waals surface area contributed by atoms with Gasteiger partial charge in [0, 0.05) is 18.7 Å². The Kier molecular flexibility index (Phi) is 3.93. The molecule has 2 aromatic rings. The van der Waals surface area contributed by atoms with Gasteiger partial charge in [-0.15, -0.1) is 0 Å². The number of aryl methyl sites for hydroxylation is 2. The Labute approximate surface area is 122 Å². The molecule has 3 N–H and O–H groups in total. The van der Waals surface area contributed by atoms with Gasteiger partial charge in [0.15, 0.2) is 17.4 Å². The maximum absolute atomic E-state index is 14.2. The summed E-state index contributed by atoms with van der Waals surface area (Å²) in [4.78, 5) is 0. The lowest BCUT2D eigenvalue weighted by atomic mass is 10.2. The lowest BCUT2D eigenvalue weighted by Crippen LogP contribution is -2.14. The van der Waals surface area contributed by atoms with Crippen LogP contribution in [0.1, 0.15) is 11.3 Å². The number of halogens is 2. The summed E-state index contributed by atoms with van der Waals surface area (Å²) in [5.41, 5.74) is 6.44. The van der Waals surface area contributed by atoms with Crippen molar-refractivity contribution in [3.05, 3.63) is 39.7 Å². The van der Waals surface area contributed by atoms with Crippen LogP contribution in [0.4, 0.5) is 4.39 Å². The summed E-state index contributed by atoms with van der Waals surface area (Å²) in [5.74, 6) is -0.425. The summed E-state index contributed by atoms with van der Waals surface area (Å²) < 4.78 is 21.2. The Morgan fingerprint density at radius 3 is 2.80 bits per heavy atom. The Hall–Kier alpha value is -2.09. The topological polar surface area (TPSA) is 85.7 Å². The molecule has 0 aliphatic carbocycles. The SMILES string of the molecule is Cc1cc(Oc2ccc(/C(N)=N/O)c(Br)c2F)n(C)n1. The Bertz CT molecular complexity index is 684. The zero-order valence-electron chi connectivity index (χ0n) is 10.8. The van der Waals surface area contributed by atoms with E-state index < -0.39 is 5.82 Å². The lowest BCUT2D eigenvalue weighted by Gasteiger charge is -2.10. The second-order valence-electron chi connectivity index (χ2n) is 4.07. The highest BCUT2D eigenvalue weighted by molar-refractivity contribution is 9.10. The molecule has 0 fully saturated rings. The van der Waals surface area contributed by atoms with Crippen LogP contribution >= 0.6 is 15.9 Å². The molecule has 0 saturated carbocycles. The molecule has 1 aromatic heterocycles. The van der Waals surface area contributed by atoms with Gasteiger partial charge in [-0.3, -0.25) is 0 Å². The molecular formula is C12H12BrFN4O2. The van der Waals surface area contributed by atoms with Gasteiger partial charge in [-0.2, -0.15) is 5.10 Å². The van der Waals surface area contributed by atoms with Crippen LogP contribution in [0.3, 0.4) is 0 Å². The first-order chi connectivity index (χ1) is 9.43. The van der Waals surface area contributed by atoms with E-state index in [1.807, 2.05) is 0 Å². The minimum atomic E-state index is -0.645. The first-order valence-electron chi connectivity index (χ1n) is 5.58. The van der Waals surface area contributed by atoms with Crippen LogP contribution in [-0.2, 0) is 7.05 Å². The van der Waals surface area contributed by atoms with E-state index in [9.17, 15) is 4.39 Å². The van der Waals surface area contributed by atoms with Crippen molar-refractivity contribution in [1.29, 1.82) is 0 Å². The number of nitrogens with zero attached hydrogens (tertiary/aromatic N) is 3. The van der Waals surface area contributed by atoms with Gasteiger partial charge in [-0.25, -0.2) is 9.07 Å². The summed E-state index contributed by atoms with van der Waals surface area (Å²) in [7, 11) is 1.69. The highest BCUT2D eigenvalue weighted by Gasteiger charge is 2.16. The Morgan fingerprint density at radius 2 is 2.25 bits per heavy atom. The molecule has 6 nitrogen and oxygen atoms in total. The number of ether oxygens (including phenoxy) is 1. The van der Waals surface area contributed by atoms with Gasteiger partial charge in [0.1, 0.15) is 0 Å². The second kappa shape index (κ2) is 5.49. The third-order valence-corrected chi connectivity index (χ3v) is 3.38. The van der Waals surface area contributed by atoms with Crippen LogP contribution < -0.4 is 10.5 Å². The van der Waals surface area contributed by atoms with Gasteiger partial charge in [0.05, 0.1) is 10.2 Å². The van der Waals surface area contributed by atoms with E-state index in [0.29, 0.717) is 5.88 Å². The molecule has 0 aliphatic heterocycles. The van der Waals surface area contributed by atoms with Crippen molar-refractivity contribution in [1.82, 2.24) is 9.78 Å². The van der Waals surface area contributed by atoms with Gasteiger partial charge in [0.2, 0.25) is 5.88 Å². The molecular weight excluding hydrogens is 331 g/mol. The molecule has 0 saturated heterocycles. The monoisotopic (exact) mass is 342 g/mol. The third-order valence-electron chi connectivity index (χ3n) is 2.60. The molecule has 8 heteroatoms. The van der Waals surface area contributed by atoms with Crippen molar-refractivity contribution in [3.8, 4) is 11.6 Å². The molecule has 0 spiro atoms. The third kappa shape index (κ3) is 2.60. The van der Waals surface area contributed by atoms with E-state index in [1.165, 1.54) is 16.8 Å². The van der Waals surface area contributed by atoms with E-state index >= 15 is 0 Å². The van der Waals surface area contributed by atoms with Crippen LogP contribution in [0.25, 0.3) is 0 Å². The number of oxime groups is 1. The van der Waals surface area contributed by atoms with Gasteiger partial charge in [0.25, 0.3) is 0 Å². The average molecular weight is 343 g/mol. The molecule has 0 bridgehead atoms. The molecule has 0 radical (unpaired) electrons. The fourth-order valence-electron chi connectivity index (χ4n) is 1.66. The van der Waals surface area contributed by atoms with E-state index in [1.54, 1.807) is 20.0 Å². The highest BCUT2D eigenvalue weighted by atomic mass is 79.9. The number of aromatic nitrogens is 2. The van der Waals surface area contributed by atoms with Crippen molar-refractivity contribution in [2.75, 3.05) is 0 Å². The zero-order valence-corrected chi connectivity index (χ0v) is 12.3. The zero-order chi connectivity index (χ0) is 14.9. The molecule has 0 unspecified atom stereocenters. The van der Waals surface area contributed by atoms with Crippen LogP contribution in [-0.4, -0.2) is 20.8 Å². The largest absolute Gasteiger partial charge is 0.436 e. The minimum Gasteiger partial charge on any atom is -0.436 e. The van der Waals surface area contributed by atoms with E-state index in [0.717, 1.165) is 5.69 Å². The number of nitrogens with two attached hydrogens (primary N) is 1. The maximum atomic E-state index is 14.2. The first kappa shape index (κ1) is 14.3. The molecule has 20 heavy (non-hydrogen) atoms. The molecule has 2 rings (SSSR count). The molecule has 0 amide bonds. The summed E-state index contributed by atoms with van der Waals surface area (Å²) in [5, 5.41) is 15.6. The Balaban J connectivity index is 2.40. The average Bonchev–Trinajstić information content (AvgIpc) is 2.72. The van der Waals surface area contributed by atoms with Crippen molar-refractivity contribution < 1.29 is 14.3 Å². The summed E-state index contributed by atoms with van der Waals surface area (Å²) >= 11 is 3.06. The second-order valence-corrected chi connectivity index (χ2v) is 4.87. The summed E-state index contributed by atoms with van der Waals surface area (Å²) in [6.45, 7) is 1.81. The van der Waals surface area contributed by atoms with Crippen LogP contribution in [0.5, 0.6) is 11.6 Å². The standard InChI is InChI=1S/C12H12BrFN4O2/c1-6-5-9(18(2)16-6)20-8-4-3-7(12(15)17-19)10(13)11(8)14/h3-5,19H,1-2H3,(H2,15,17).